The van der Waals surface area contributed by atoms with E-state index in [-0.39, 0.29) is 0 Å². The topological polar surface area (TPSA) is 15.3 Å². The van der Waals surface area contributed by atoms with E-state index < -0.39 is 0 Å². The van der Waals surface area contributed by atoms with Gasteiger partial charge in [-0.15, -0.1) is 6.58 Å². The van der Waals surface area contributed by atoms with E-state index >= 15 is 0 Å². The van der Waals surface area contributed by atoms with Crippen molar-refractivity contribution in [2.45, 2.75) is 0 Å². The SMILES string of the molecule is C=CCN(C(=S)Nc1cccc(Br)c1)c1ccccc1. The first-order valence-corrected chi connectivity index (χ1v) is 7.41. The molecule has 0 aromatic heterocycles. The molecule has 0 radical (unpaired) electrons. The van der Waals surface area contributed by atoms with E-state index in [2.05, 4.69) is 27.8 Å². The molecule has 102 valence electrons. The van der Waals surface area contributed by atoms with Crippen LogP contribution in [0.1, 0.15) is 0 Å². The lowest BCUT2D eigenvalue weighted by atomic mass is 10.3. The summed E-state index contributed by atoms with van der Waals surface area (Å²) in [6.45, 7) is 4.45. The van der Waals surface area contributed by atoms with Crippen LogP contribution in [0, 0.1) is 0 Å². The lowest BCUT2D eigenvalue weighted by Gasteiger charge is -2.24. The Morgan fingerprint density at radius 1 is 1.20 bits per heavy atom. The van der Waals surface area contributed by atoms with Gasteiger partial charge in [0.2, 0.25) is 0 Å². The van der Waals surface area contributed by atoms with Gasteiger partial charge in [0.15, 0.2) is 5.11 Å². The molecular weight excluding hydrogens is 332 g/mol. The molecule has 1 N–H and O–H groups in total. The average molecular weight is 347 g/mol. The predicted molar refractivity (Wildman–Crippen MR) is 94.3 cm³/mol. The maximum absolute atomic E-state index is 5.50. The van der Waals surface area contributed by atoms with Gasteiger partial charge in [0.1, 0.15) is 0 Å². The smallest absolute Gasteiger partial charge is 0.178 e. The van der Waals surface area contributed by atoms with Crippen molar-refractivity contribution < 1.29 is 0 Å². The number of thiocarbonyl (C=S) groups is 1. The highest BCUT2D eigenvalue weighted by atomic mass is 79.9. The van der Waals surface area contributed by atoms with Crippen LogP contribution in [0.5, 0.6) is 0 Å². The van der Waals surface area contributed by atoms with Gasteiger partial charge in [-0.05, 0) is 42.5 Å². The van der Waals surface area contributed by atoms with E-state index in [1.807, 2.05) is 65.6 Å². The highest BCUT2D eigenvalue weighted by Gasteiger charge is 2.10. The van der Waals surface area contributed by atoms with Crippen LogP contribution in [0.25, 0.3) is 0 Å². The van der Waals surface area contributed by atoms with E-state index in [0.717, 1.165) is 15.8 Å². The maximum atomic E-state index is 5.50. The highest BCUT2D eigenvalue weighted by molar-refractivity contribution is 9.10. The molecule has 2 nitrogen and oxygen atoms in total. The number of rotatable bonds is 4. The molecule has 2 aromatic carbocycles. The average Bonchev–Trinajstić information content (AvgIpc) is 2.45. The molecule has 20 heavy (non-hydrogen) atoms. The third kappa shape index (κ3) is 3.92. The standard InChI is InChI=1S/C16H15BrN2S/c1-2-11-19(15-9-4-3-5-10-15)16(20)18-14-8-6-7-13(17)12-14/h2-10,12H,1,11H2,(H,18,20). The molecule has 2 rings (SSSR count). The van der Waals surface area contributed by atoms with Gasteiger partial charge in [0, 0.05) is 22.4 Å². The van der Waals surface area contributed by atoms with Crippen molar-refractivity contribution in [1.82, 2.24) is 0 Å². The first kappa shape index (κ1) is 14.8. The van der Waals surface area contributed by atoms with Gasteiger partial charge < -0.3 is 10.2 Å². The summed E-state index contributed by atoms with van der Waals surface area (Å²) < 4.78 is 1.01. The molecule has 0 heterocycles. The number of hydrogen-bond acceptors (Lipinski definition) is 1. The Morgan fingerprint density at radius 3 is 2.60 bits per heavy atom. The molecule has 0 atom stereocenters. The van der Waals surface area contributed by atoms with E-state index in [1.165, 1.54) is 0 Å². The highest BCUT2D eigenvalue weighted by Crippen LogP contribution is 2.18. The summed E-state index contributed by atoms with van der Waals surface area (Å²) in [7, 11) is 0. The van der Waals surface area contributed by atoms with Gasteiger partial charge in [-0.25, -0.2) is 0 Å². The summed E-state index contributed by atoms with van der Waals surface area (Å²) in [4.78, 5) is 2.00. The van der Waals surface area contributed by atoms with Crippen LogP contribution >= 0.6 is 28.1 Å². The zero-order valence-electron chi connectivity index (χ0n) is 10.9. The molecule has 0 unspecified atom stereocenters. The van der Waals surface area contributed by atoms with Crippen LogP contribution in [-0.2, 0) is 0 Å². The van der Waals surface area contributed by atoms with Crippen molar-refractivity contribution in [2.75, 3.05) is 16.8 Å². The number of halogens is 1. The Morgan fingerprint density at radius 2 is 1.95 bits per heavy atom. The van der Waals surface area contributed by atoms with Gasteiger partial charge in [-0.2, -0.15) is 0 Å². The molecule has 2 aromatic rings. The van der Waals surface area contributed by atoms with Gasteiger partial charge in [-0.1, -0.05) is 46.3 Å². The third-order valence-electron chi connectivity index (χ3n) is 2.70. The van der Waals surface area contributed by atoms with Crippen LogP contribution in [0.15, 0.2) is 71.7 Å². The summed E-state index contributed by atoms with van der Waals surface area (Å²) in [5, 5.41) is 3.89. The zero-order valence-corrected chi connectivity index (χ0v) is 13.3. The number of benzene rings is 2. The molecule has 0 amide bonds. The summed E-state index contributed by atoms with van der Waals surface area (Å²) in [5.74, 6) is 0. The van der Waals surface area contributed by atoms with Gasteiger partial charge in [0.25, 0.3) is 0 Å². The van der Waals surface area contributed by atoms with Gasteiger partial charge >= 0.3 is 0 Å². The molecule has 0 aliphatic carbocycles. The summed E-state index contributed by atoms with van der Waals surface area (Å²) in [6, 6.07) is 17.9. The van der Waals surface area contributed by atoms with E-state index in [9.17, 15) is 0 Å². The molecule has 0 saturated heterocycles. The number of nitrogens with one attached hydrogen (secondary N) is 1. The molecule has 0 bridgehead atoms. The first-order chi connectivity index (χ1) is 9.70. The second-order valence-corrected chi connectivity index (χ2v) is 5.48. The minimum absolute atomic E-state index is 0.647. The van der Waals surface area contributed by atoms with Crippen LogP contribution < -0.4 is 10.2 Å². The molecular formula is C16H15BrN2S. The largest absolute Gasteiger partial charge is 0.332 e. The summed E-state index contributed by atoms with van der Waals surface area (Å²) in [5.41, 5.74) is 1.99. The van der Waals surface area contributed by atoms with Crippen molar-refractivity contribution in [3.63, 3.8) is 0 Å². The van der Waals surface area contributed by atoms with Crippen molar-refractivity contribution in [2.24, 2.45) is 0 Å². The quantitative estimate of drug-likeness (QED) is 0.629. The van der Waals surface area contributed by atoms with E-state index in [1.54, 1.807) is 0 Å². The van der Waals surface area contributed by atoms with E-state index in [0.29, 0.717) is 11.7 Å². The Hall–Kier alpha value is -1.65. The fraction of sp³-hybridized carbons (Fsp3) is 0.0625. The zero-order chi connectivity index (χ0) is 14.4. The molecule has 0 spiro atoms. The van der Waals surface area contributed by atoms with Crippen molar-refractivity contribution in [1.29, 1.82) is 0 Å². The minimum atomic E-state index is 0.647. The minimum Gasteiger partial charge on any atom is -0.332 e. The molecule has 0 aliphatic rings. The maximum Gasteiger partial charge on any atom is 0.178 e. The fourth-order valence-electron chi connectivity index (χ4n) is 1.80. The Labute approximate surface area is 133 Å². The second kappa shape index (κ2) is 7.22. The predicted octanol–water partition coefficient (Wildman–Crippen LogP) is 4.84. The van der Waals surface area contributed by atoms with Crippen molar-refractivity contribution >= 4 is 44.6 Å². The molecule has 4 heteroatoms. The van der Waals surface area contributed by atoms with Crippen LogP contribution in [0.3, 0.4) is 0 Å². The van der Waals surface area contributed by atoms with E-state index in [4.69, 9.17) is 12.2 Å². The number of anilines is 2. The Bertz CT molecular complexity index is 598. The van der Waals surface area contributed by atoms with Crippen LogP contribution in [-0.4, -0.2) is 11.7 Å². The van der Waals surface area contributed by atoms with Crippen molar-refractivity contribution in [3.8, 4) is 0 Å². The normalized spacial score (nSPS) is 9.85. The number of nitrogens with zero attached hydrogens (tertiary/aromatic N) is 1. The first-order valence-electron chi connectivity index (χ1n) is 6.21. The number of hydrogen-bond donors (Lipinski definition) is 1. The molecule has 0 fully saturated rings. The molecule has 0 aliphatic heterocycles. The Balaban J connectivity index is 2.17. The summed E-state index contributed by atoms with van der Waals surface area (Å²) >= 11 is 8.95. The fourth-order valence-corrected chi connectivity index (χ4v) is 2.50. The second-order valence-electron chi connectivity index (χ2n) is 4.18. The lowest BCUT2D eigenvalue weighted by Crippen LogP contribution is -2.34. The summed E-state index contributed by atoms with van der Waals surface area (Å²) in [6.07, 6.45) is 1.84. The third-order valence-corrected chi connectivity index (χ3v) is 3.52. The van der Waals surface area contributed by atoms with Gasteiger partial charge in [-0.3, -0.25) is 0 Å². The number of para-hydroxylation sites is 1. The van der Waals surface area contributed by atoms with Crippen LogP contribution in [0.4, 0.5) is 11.4 Å². The van der Waals surface area contributed by atoms with Crippen molar-refractivity contribution in [3.05, 3.63) is 71.7 Å². The lowest BCUT2D eigenvalue weighted by molar-refractivity contribution is 1.15. The Kier molecular flexibility index (Phi) is 5.32. The van der Waals surface area contributed by atoms with Crippen LogP contribution in [0.2, 0.25) is 0 Å². The monoisotopic (exact) mass is 346 g/mol. The van der Waals surface area contributed by atoms with Gasteiger partial charge in [0.05, 0.1) is 0 Å². The molecule has 0 saturated carbocycles.